The molecule has 2 aliphatic heterocycles. The number of nitrogens with zero attached hydrogens (tertiary/aromatic N) is 4. The van der Waals surface area contributed by atoms with Crippen LogP contribution in [0.5, 0.6) is 0 Å². The third-order valence-corrected chi connectivity index (χ3v) is 4.01. The van der Waals surface area contributed by atoms with Crippen LogP contribution in [0, 0.1) is 0 Å². The number of hydrogen-bond acceptors (Lipinski definition) is 5. The Morgan fingerprint density at radius 2 is 2.00 bits per heavy atom. The number of rotatable bonds is 2. The second kappa shape index (κ2) is 6.17. The SMILES string of the molecule is O=C(C1CCCN1C(=O)c1cnccn1)N1CCNCC1. The van der Waals surface area contributed by atoms with Crippen LogP contribution in [0.4, 0.5) is 0 Å². The van der Waals surface area contributed by atoms with Gasteiger partial charge < -0.3 is 15.1 Å². The highest BCUT2D eigenvalue weighted by Crippen LogP contribution is 2.21. The molecule has 7 heteroatoms. The van der Waals surface area contributed by atoms with E-state index in [4.69, 9.17) is 0 Å². The van der Waals surface area contributed by atoms with Gasteiger partial charge in [0.15, 0.2) is 0 Å². The first-order chi connectivity index (χ1) is 10.3. The summed E-state index contributed by atoms with van der Waals surface area (Å²) in [6.07, 6.45) is 6.07. The number of nitrogens with one attached hydrogen (secondary N) is 1. The Morgan fingerprint density at radius 1 is 1.19 bits per heavy atom. The van der Waals surface area contributed by atoms with Gasteiger partial charge >= 0.3 is 0 Å². The van der Waals surface area contributed by atoms with Gasteiger partial charge in [-0.1, -0.05) is 0 Å². The topological polar surface area (TPSA) is 78.4 Å². The van der Waals surface area contributed by atoms with Crippen LogP contribution < -0.4 is 5.32 Å². The summed E-state index contributed by atoms with van der Waals surface area (Å²) in [5, 5.41) is 3.23. The van der Waals surface area contributed by atoms with E-state index in [-0.39, 0.29) is 17.9 Å². The molecule has 0 bridgehead atoms. The summed E-state index contributed by atoms with van der Waals surface area (Å²) < 4.78 is 0. The fraction of sp³-hybridized carbons (Fsp3) is 0.571. The summed E-state index contributed by atoms with van der Waals surface area (Å²) in [6, 6.07) is -0.349. The molecule has 0 aliphatic carbocycles. The van der Waals surface area contributed by atoms with Crippen molar-refractivity contribution in [3.8, 4) is 0 Å². The summed E-state index contributed by atoms with van der Waals surface area (Å²) in [5.74, 6) is -0.139. The van der Waals surface area contributed by atoms with Crippen molar-refractivity contribution in [1.82, 2.24) is 25.1 Å². The molecule has 1 N–H and O–H groups in total. The van der Waals surface area contributed by atoms with Crippen molar-refractivity contribution in [2.75, 3.05) is 32.7 Å². The fourth-order valence-electron chi connectivity index (χ4n) is 2.92. The van der Waals surface area contributed by atoms with Gasteiger partial charge in [0.1, 0.15) is 11.7 Å². The van der Waals surface area contributed by atoms with E-state index in [1.54, 1.807) is 4.90 Å². The van der Waals surface area contributed by atoms with E-state index < -0.39 is 0 Å². The third-order valence-electron chi connectivity index (χ3n) is 4.01. The van der Waals surface area contributed by atoms with Crippen LogP contribution in [0.25, 0.3) is 0 Å². The molecule has 2 fully saturated rings. The standard InChI is InChI=1S/C14H19N5O2/c20-13(11-10-16-3-4-17-11)19-7-1-2-12(19)14(21)18-8-5-15-6-9-18/h3-4,10,12,15H,1-2,5-9H2. The number of carbonyl (C=O) groups excluding carboxylic acids is 2. The maximum Gasteiger partial charge on any atom is 0.274 e. The molecule has 1 aromatic rings. The highest BCUT2D eigenvalue weighted by atomic mass is 16.2. The van der Waals surface area contributed by atoms with Gasteiger partial charge in [-0.25, -0.2) is 4.98 Å². The quantitative estimate of drug-likeness (QED) is 0.795. The molecule has 1 unspecified atom stereocenters. The van der Waals surface area contributed by atoms with Crippen molar-refractivity contribution in [3.05, 3.63) is 24.3 Å². The number of amides is 2. The van der Waals surface area contributed by atoms with Crippen molar-refractivity contribution >= 4 is 11.8 Å². The summed E-state index contributed by atoms with van der Waals surface area (Å²) >= 11 is 0. The molecule has 2 amide bonds. The van der Waals surface area contributed by atoms with Gasteiger partial charge in [-0.05, 0) is 12.8 Å². The predicted molar refractivity (Wildman–Crippen MR) is 75.5 cm³/mol. The van der Waals surface area contributed by atoms with E-state index in [1.165, 1.54) is 18.6 Å². The van der Waals surface area contributed by atoms with Crippen molar-refractivity contribution in [2.45, 2.75) is 18.9 Å². The van der Waals surface area contributed by atoms with E-state index >= 15 is 0 Å². The lowest BCUT2D eigenvalue weighted by atomic mass is 10.1. The molecule has 1 atom stereocenters. The molecule has 0 radical (unpaired) electrons. The Labute approximate surface area is 123 Å². The van der Waals surface area contributed by atoms with Gasteiger partial charge in [0.2, 0.25) is 5.91 Å². The minimum absolute atomic E-state index is 0.0613. The molecule has 0 saturated carbocycles. The van der Waals surface area contributed by atoms with Crippen LogP contribution in [0.1, 0.15) is 23.3 Å². The summed E-state index contributed by atoms with van der Waals surface area (Å²) in [6.45, 7) is 3.66. The summed E-state index contributed by atoms with van der Waals surface area (Å²) in [7, 11) is 0. The van der Waals surface area contributed by atoms with E-state index in [1.807, 2.05) is 4.90 Å². The lowest BCUT2D eigenvalue weighted by Gasteiger charge is -2.32. The van der Waals surface area contributed by atoms with Gasteiger partial charge in [0.25, 0.3) is 5.91 Å². The maximum atomic E-state index is 12.6. The zero-order valence-corrected chi connectivity index (χ0v) is 11.9. The lowest BCUT2D eigenvalue weighted by molar-refractivity contribution is -0.135. The Hall–Kier alpha value is -2.02. The van der Waals surface area contributed by atoms with Crippen molar-refractivity contribution in [2.24, 2.45) is 0 Å². The highest BCUT2D eigenvalue weighted by molar-refractivity contribution is 5.96. The van der Waals surface area contributed by atoms with Crippen LogP contribution in [-0.2, 0) is 4.79 Å². The zero-order valence-electron chi connectivity index (χ0n) is 11.9. The molecule has 0 spiro atoms. The highest BCUT2D eigenvalue weighted by Gasteiger charge is 2.37. The molecule has 2 aliphatic rings. The molecule has 112 valence electrons. The fourth-order valence-corrected chi connectivity index (χ4v) is 2.92. The largest absolute Gasteiger partial charge is 0.338 e. The molecular weight excluding hydrogens is 270 g/mol. The second-order valence-electron chi connectivity index (χ2n) is 5.32. The molecule has 3 rings (SSSR count). The van der Waals surface area contributed by atoms with E-state index in [0.29, 0.717) is 25.3 Å². The minimum atomic E-state index is -0.349. The molecule has 7 nitrogen and oxygen atoms in total. The van der Waals surface area contributed by atoms with Gasteiger partial charge in [-0.3, -0.25) is 14.6 Å². The average molecular weight is 289 g/mol. The molecule has 2 saturated heterocycles. The number of hydrogen-bond donors (Lipinski definition) is 1. The number of likely N-dealkylation sites (tertiary alicyclic amines) is 1. The molecule has 0 aromatic carbocycles. The van der Waals surface area contributed by atoms with Crippen LogP contribution in [0.2, 0.25) is 0 Å². The first-order valence-corrected chi connectivity index (χ1v) is 7.34. The van der Waals surface area contributed by atoms with Crippen molar-refractivity contribution in [1.29, 1.82) is 0 Å². The van der Waals surface area contributed by atoms with Crippen molar-refractivity contribution in [3.63, 3.8) is 0 Å². The van der Waals surface area contributed by atoms with Crippen LogP contribution in [-0.4, -0.2) is 70.3 Å². The normalized spacial score (nSPS) is 22.4. The average Bonchev–Trinajstić information content (AvgIpc) is 3.04. The van der Waals surface area contributed by atoms with Gasteiger partial charge in [0, 0.05) is 45.1 Å². The summed E-state index contributed by atoms with van der Waals surface area (Å²) in [5.41, 5.74) is 0.303. The Bertz CT molecular complexity index is 515. The molecular formula is C14H19N5O2. The van der Waals surface area contributed by atoms with E-state index in [9.17, 15) is 9.59 Å². The predicted octanol–water partition coefficient (Wildman–Crippen LogP) is -0.487. The molecule has 3 heterocycles. The Balaban J connectivity index is 1.73. The van der Waals surface area contributed by atoms with Crippen molar-refractivity contribution < 1.29 is 9.59 Å². The van der Waals surface area contributed by atoms with Crippen LogP contribution in [0.3, 0.4) is 0 Å². The summed E-state index contributed by atoms with van der Waals surface area (Å²) in [4.78, 5) is 36.6. The van der Waals surface area contributed by atoms with Crippen LogP contribution >= 0.6 is 0 Å². The minimum Gasteiger partial charge on any atom is -0.338 e. The van der Waals surface area contributed by atoms with Crippen LogP contribution in [0.15, 0.2) is 18.6 Å². The zero-order chi connectivity index (χ0) is 14.7. The number of piperazine rings is 1. The molecule has 21 heavy (non-hydrogen) atoms. The Morgan fingerprint density at radius 3 is 2.71 bits per heavy atom. The molecule has 1 aromatic heterocycles. The van der Waals surface area contributed by atoms with Gasteiger partial charge in [-0.2, -0.15) is 0 Å². The smallest absolute Gasteiger partial charge is 0.274 e. The third kappa shape index (κ3) is 2.87. The van der Waals surface area contributed by atoms with Gasteiger partial charge in [-0.15, -0.1) is 0 Å². The monoisotopic (exact) mass is 289 g/mol. The lowest BCUT2D eigenvalue weighted by Crippen LogP contribution is -2.53. The van der Waals surface area contributed by atoms with Gasteiger partial charge in [0.05, 0.1) is 6.20 Å². The second-order valence-corrected chi connectivity index (χ2v) is 5.32. The number of carbonyl (C=O) groups is 2. The Kier molecular flexibility index (Phi) is 4.10. The van der Waals surface area contributed by atoms with E-state index in [0.717, 1.165) is 25.9 Å². The van der Waals surface area contributed by atoms with E-state index in [2.05, 4.69) is 15.3 Å². The first-order valence-electron chi connectivity index (χ1n) is 7.34. The maximum absolute atomic E-state index is 12.6. The first kappa shape index (κ1) is 13.9. The number of aromatic nitrogens is 2.